The number of ether oxygens (including phenoxy) is 1. The monoisotopic (exact) mass is 345 g/mol. The molecule has 136 valence electrons. The fourth-order valence-corrected chi connectivity index (χ4v) is 3.48. The highest BCUT2D eigenvalue weighted by Gasteiger charge is 2.33. The van der Waals surface area contributed by atoms with Gasteiger partial charge in [-0.1, -0.05) is 24.1 Å². The van der Waals surface area contributed by atoms with Gasteiger partial charge >= 0.3 is 0 Å². The average Bonchev–Trinajstić information content (AvgIpc) is 2.64. The van der Waals surface area contributed by atoms with E-state index in [1.807, 2.05) is 41.0 Å². The molecule has 0 saturated carbocycles. The first-order valence-corrected chi connectivity index (χ1v) is 9.10. The van der Waals surface area contributed by atoms with Crippen molar-refractivity contribution in [1.82, 2.24) is 9.80 Å². The van der Waals surface area contributed by atoms with Crippen LogP contribution in [0.5, 0.6) is 0 Å². The van der Waals surface area contributed by atoms with Crippen molar-refractivity contribution in [2.75, 3.05) is 44.7 Å². The minimum atomic E-state index is -0.185. The summed E-state index contributed by atoms with van der Waals surface area (Å²) in [5.41, 5.74) is 1.95. The number of piperidine rings is 1. The Balaban J connectivity index is 1.59. The summed E-state index contributed by atoms with van der Waals surface area (Å²) in [5.74, 6) is 0.0802. The Labute approximate surface area is 149 Å². The summed E-state index contributed by atoms with van der Waals surface area (Å²) >= 11 is 0. The normalized spacial score (nSPS) is 21.8. The van der Waals surface area contributed by atoms with Crippen LogP contribution in [0, 0.1) is 6.92 Å². The van der Waals surface area contributed by atoms with Gasteiger partial charge < -0.3 is 15.0 Å². The summed E-state index contributed by atoms with van der Waals surface area (Å²) in [4.78, 5) is 29.2. The van der Waals surface area contributed by atoms with Gasteiger partial charge in [-0.15, -0.1) is 0 Å². The van der Waals surface area contributed by atoms with Crippen LogP contribution >= 0.6 is 0 Å². The molecule has 0 bridgehead atoms. The molecule has 6 nitrogen and oxygen atoms in total. The smallest absolute Gasteiger partial charge is 0.240 e. The second kappa shape index (κ2) is 8.45. The Bertz CT molecular complexity index is 596. The molecule has 2 fully saturated rings. The summed E-state index contributed by atoms with van der Waals surface area (Å²) in [6.07, 6.45) is 2.90. The van der Waals surface area contributed by atoms with Crippen molar-refractivity contribution in [3.63, 3.8) is 0 Å². The minimum absolute atomic E-state index is 0.0643. The van der Waals surface area contributed by atoms with Crippen LogP contribution in [0.2, 0.25) is 0 Å². The highest BCUT2D eigenvalue weighted by atomic mass is 16.5. The average molecular weight is 345 g/mol. The molecule has 1 N–H and O–H groups in total. The molecule has 3 rings (SSSR count). The molecular formula is C19H27N3O3. The molecule has 1 aromatic carbocycles. The lowest BCUT2D eigenvalue weighted by Gasteiger charge is -2.38. The van der Waals surface area contributed by atoms with E-state index in [1.165, 1.54) is 0 Å². The number of amides is 2. The summed E-state index contributed by atoms with van der Waals surface area (Å²) in [6.45, 7) is 5.58. The lowest BCUT2D eigenvalue weighted by molar-refractivity contribution is -0.142. The number of anilines is 1. The predicted octanol–water partition coefficient (Wildman–Crippen LogP) is 1.65. The van der Waals surface area contributed by atoms with E-state index in [-0.39, 0.29) is 24.4 Å². The quantitative estimate of drug-likeness (QED) is 0.901. The highest BCUT2D eigenvalue weighted by molar-refractivity contribution is 5.93. The molecule has 0 unspecified atom stereocenters. The number of carbonyl (C=O) groups is 2. The van der Waals surface area contributed by atoms with Crippen molar-refractivity contribution >= 4 is 17.5 Å². The molecule has 1 atom stereocenters. The molecule has 0 aliphatic carbocycles. The van der Waals surface area contributed by atoms with Gasteiger partial charge in [0.25, 0.3) is 0 Å². The molecule has 2 aliphatic heterocycles. The zero-order chi connectivity index (χ0) is 17.6. The zero-order valence-electron chi connectivity index (χ0n) is 14.9. The number of nitrogens with one attached hydrogen (secondary N) is 1. The van der Waals surface area contributed by atoms with E-state index in [0.29, 0.717) is 26.3 Å². The molecule has 6 heteroatoms. The predicted molar refractivity (Wildman–Crippen MR) is 96.4 cm³/mol. The van der Waals surface area contributed by atoms with Crippen molar-refractivity contribution in [1.29, 1.82) is 0 Å². The summed E-state index contributed by atoms with van der Waals surface area (Å²) in [7, 11) is 0. The maximum Gasteiger partial charge on any atom is 0.240 e. The zero-order valence-corrected chi connectivity index (χ0v) is 14.9. The topological polar surface area (TPSA) is 61.9 Å². The van der Waals surface area contributed by atoms with E-state index in [4.69, 9.17) is 4.74 Å². The molecule has 2 amide bonds. The third-order valence-electron chi connectivity index (χ3n) is 4.90. The Morgan fingerprint density at radius 3 is 2.56 bits per heavy atom. The molecule has 2 heterocycles. The van der Waals surface area contributed by atoms with Crippen molar-refractivity contribution < 1.29 is 14.3 Å². The Hall–Kier alpha value is -1.92. The molecular weight excluding hydrogens is 318 g/mol. The van der Waals surface area contributed by atoms with Crippen LogP contribution in [-0.4, -0.2) is 67.0 Å². The molecule has 25 heavy (non-hydrogen) atoms. The van der Waals surface area contributed by atoms with Crippen molar-refractivity contribution in [2.45, 2.75) is 32.2 Å². The number of hydrogen-bond acceptors (Lipinski definition) is 4. The van der Waals surface area contributed by atoms with Gasteiger partial charge in [-0.25, -0.2) is 0 Å². The van der Waals surface area contributed by atoms with Crippen LogP contribution in [-0.2, 0) is 14.3 Å². The van der Waals surface area contributed by atoms with E-state index in [2.05, 4.69) is 5.32 Å². The number of nitrogens with zero attached hydrogens (tertiary/aromatic N) is 2. The first kappa shape index (κ1) is 17.9. The number of likely N-dealkylation sites (tertiary alicyclic amines) is 1. The van der Waals surface area contributed by atoms with E-state index < -0.39 is 0 Å². The van der Waals surface area contributed by atoms with Crippen LogP contribution < -0.4 is 5.32 Å². The largest absolute Gasteiger partial charge is 0.378 e. The summed E-state index contributed by atoms with van der Waals surface area (Å²) in [5, 5.41) is 2.93. The second-order valence-corrected chi connectivity index (χ2v) is 6.83. The van der Waals surface area contributed by atoms with E-state index >= 15 is 0 Å². The van der Waals surface area contributed by atoms with Gasteiger partial charge in [0.15, 0.2) is 0 Å². The van der Waals surface area contributed by atoms with Gasteiger partial charge in [0.1, 0.15) is 0 Å². The van der Waals surface area contributed by atoms with Crippen LogP contribution in [0.25, 0.3) is 0 Å². The van der Waals surface area contributed by atoms with Gasteiger partial charge in [-0.05, 0) is 38.4 Å². The molecule has 2 saturated heterocycles. The molecule has 1 aromatic rings. The van der Waals surface area contributed by atoms with E-state index in [9.17, 15) is 9.59 Å². The molecule has 0 aromatic heterocycles. The van der Waals surface area contributed by atoms with Gasteiger partial charge in [0, 0.05) is 18.8 Å². The standard InChI is InChI=1S/C19H27N3O3/c1-15-5-7-16(8-6-15)20-18(23)14-22-9-3-2-4-17(22)19(24)21-10-12-25-13-11-21/h5-8,17H,2-4,9-14H2,1H3,(H,20,23)/t17-/m1/s1. The third kappa shape index (κ3) is 4.80. The van der Waals surface area contributed by atoms with Crippen LogP contribution in [0.3, 0.4) is 0 Å². The van der Waals surface area contributed by atoms with Gasteiger partial charge in [-0.2, -0.15) is 0 Å². The number of aryl methyl sites for hydroxylation is 1. The van der Waals surface area contributed by atoms with Crippen LogP contribution in [0.1, 0.15) is 24.8 Å². The van der Waals surface area contributed by atoms with Crippen LogP contribution in [0.15, 0.2) is 24.3 Å². The van der Waals surface area contributed by atoms with Crippen molar-refractivity contribution in [3.05, 3.63) is 29.8 Å². The summed E-state index contributed by atoms with van der Waals surface area (Å²) < 4.78 is 5.33. The first-order chi connectivity index (χ1) is 12.1. The fraction of sp³-hybridized carbons (Fsp3) is 0.579. The molecule has 0 radical (unpaired) electrons. The number of rotatable bonds is 4. The highest BCUT2D eigenvalue weighted by Crippen LogP contribution is 2.20. The number of hydrogen-bond donors (Lipinski definition) is 1. The first-order valence-electron chi connectivity index (χ1n) is 9.10. The van der Waals surface area contributed by atoms with Gasteiger partial charge in [0.2, 0.25) is 11.8 Å². The number of benzene rings is 1. The maximum absolute atomic E-state index is 12.8. The van der Waals surface area contributed by atoms with Crippen molar-refractivity contribution in [2.24, 2.45) is 0 Å². The van der Waals surface area contributed by atoms with Crippen molar-refractivity contribution in [3.8, 4) is 0 Å². The molecule has 0 spiro atoms. The SMILES string of the molecule is Cc1ccc(NC(=O)CN2CCCC[C@@H]2C(=O)N2CCOCC2)cc1. The van der Waals surface area contributed by atoms with E-state index in [1.54, 1.807) is 0 Å². The lowest BCUT2D eigenvalue weighted by atomic mass is 10.0. The van der Waals surface area contributed by atoms with Gasteiger partial charge in [0.05, 0.1) is 25.8 Å². The number of morpholine rings is 1. The number of carbonyl (C=O) groups excluding carboxylic acids is 2. The van der Waals surface area contributed by atoms with Gasteiger partial charge in [-0.3, -0.25) is 14.5 Å². The Morgan fingerprint density at radius 1 is 1.12 bits per heavy atom. The second-order valence-electron chi connectivity index (χ2n) is 6.83. The molecule has 2 aliphatic rings. The minimum Gasteiger partial charge on any atom is -0.378 e. The van der Waals surface area contributed by atoms with Crippen LogP contribution in [0.4, 0.5) is 5.69 Å². The Kier molecular flexibility index (Phi) is 6.04. The lowest BCUT2D eigenvalue weighted by Crippen LogP contribution is -2.54. The fourth-order valence-electron chi connectivity index (χ4n) is 3.48. The Morgan fingerprint density at radius 2 is 1.84 bits per heavy atom. The third-order valence-corrected chi connectivity index (χ3v) is 4.90. The maximum atomic E-state index is 12.8. The van der Waals surface area contributed by atoms with E-state index in [0.717, 1.165) is 37.1 Å². The summed E-state index contributed by atoms with van der Waals surface area (Å²) in [6, 6.07) is 7.57.